The van der Waals surface area contributed by atoms with Crippen molar-refractivity contribution in [2.45, 2.75) is 18.7 Å². The number of hydrogen-bond donors (Lipinski definition) is 1. The zero-order chi connectivity index (χ0) is 17.6. The number of rotatable bonds is 7. The summed E-state index contributed by atoms with van der Waals surface area (Å²) in [6.07, 6.45) is 1.77. The lowest BCUT2D eigenvalue weighted by Crippen LogP contribution is -2.24. The molecule has 3 aromatic rings. The number of hydrogen-bond acceptors (Lipinski definition) is 8. The van der Waals surface area contributed by atoms with Crippen LogP contribution in [0.3, 0.4) is 0 Å². The summed E-state index contributed by atoms with van der Waals surface area (Å²) in [5.74, 6) is 1.28. The molecule has 2 aromatic heterocycles. The maximum atomic E-state index is 11.9. The molecule has 0 unspecified atom stereocenters. The van der Waals surface area contributed by atoms with Gasteiger partial charge in [0.05, 0.1) is 24.4 Å². The van der Waals surface area contributed by atoms with Crippen molar-refractivity contribution in [1.29, 1.82) is 0 Å². The van der Waals surface area contributed by atoms with Gasteiger partial charge in [0.15, 0.2) is 0 Å². The Labute approximate surface area is 152 Å². The van der Waals surface area contributed by atoms with Crippen molar-refractivity contribution in [3.63, 3.8) is 0 Å². The summed E-state index contributed by atoms with van der Waals surface area (Å²) in [5, 5.41) is 12.1. The van der Waals surface area contributed by atoms with Gasteiger partial charge < -0.3 is 14.5 Å². The summed E-state index contributed by atoms with van der Waals surface area (Å²) < 4.78 is 10.7. The second-order valence-electron chi connectivity index (χ2n) is 5.01. The van der Waals surface area contributed by atoms with E-state index >= 15 is 0 Å². The first-order chi connectivity index (χ1) is 12.1. The predicted molar refractivity (Wildman–Crippen MR) is 95.7 cm³/mol. The zero-order valence-corrected chi connectivity index (χ0v) is 15.3. The predicted octanol–water partition coefficient (Wildman–Crippen LogP) is 2.92. The number of thiazole rings is 1. The Morgan fingerprint density at radius 3 is 2.80 bits per heavy atom. The highest BCUT2D eigenvalue weighted by atomic mass is 32.2. The fraction of sp³-hybridized carbons (Fsp3) is 0.250. The Morgan fingerprint density at radius 2 is 2.12 bits per heavy atom. The number of carbonyl (C=O) groups excluding carboxylic acids is 1. The van der Waals surface area contributed by atoms with E-state index in [9.17, 15) is 4.79 Å². The molecule has 0 aliphatic heterocycles. The maximum Gasteiger partial charge on any atom is 0.277 e. The molecule has 0 aliphatic carbocycles. The van der Waals surface area contributed by atoms with Crippen LogP contribution in [0.25, 0.3) is 11.5 Å². The number of aromatic nitrogens is 3. The Bertz CT molecular complexity index is 845. The minimum Gasteiger partial charge on any atom is -0.497 e. The molecule has 0 saturated carbocycles. The highest BCUT2D eigenvalue weighted by Gasteiger charge is 2.11. The first-order valence-corrected chi connectivity index (χ1v) is 9.23. The quantitative estimate of drug-likeness (QED) is 0.634. The van der Waals surface area contributed by atoms with Crippen molar-refractivity contribution in [2.75, 3.05) is 12.9 Å². The number of methoxy groups -OCH3 is 1. The van der Waals surface area contributed by atoms with Crippen LogP contribution in [0.5, 0.6) is 5.75 Å². The third-order valence-electron chi connectivity index (χ3n) is 3.20. The summed E-state index contributed by atoms with van der Waals surface area (Å²) in [5.41, 5.74) is 0.796. The minimum absolute atomic E-state index is 0.0970. The molecule has 25 heavy (non-hydrogen) atoms. The van der Waals surface area contributed by atoms with Crippen LogP contribution in [-0.2, 0) is 11.3 Å². The topological polar surface area (TPSA) is 90.1 Å². The molecule has 3 rings (SSSR count). The van der Waals surface area contributed by atoms with E-state index in [0.717, 1.165) is 21.2 Å². The lowest BCUT2D eigenvalue weighted by Gasteiger charge is -2.01. The van der Waals surface area contributed by atoms with Crippen LogP contribution >= 0.6 is 23.1 Å². The average Bonchev–Trinajstić information content (AvgIpc) is 3.27. The SMILES string of the molecule is COc1ccc(-c2nnc(SCC(=O)NCc3cnc(C)s3)o2)cc1. The maximum absolute atomic E-state index is 11.9. The second-order valence-corrected chi connectivity index (χ2v) is 7.26. The third kappa shape index (κ3) is 4.80. The second kappa shape index (κ2) is 8.13. The van der Waals surface area contributed by atoms with Gasteiger partial charge in [0.25, 0.3) is 5.22 Å². The van der Waals surface area contributed by atoms with Gasteiger partial charge in [0, 0.05) is 16.6 Å². The molecule has 1 amide bonds. The van der Waals surface area contributed by atoms with Crippen LogP contribution in [-0.4, -0.2) is 34.0 Å². The Balaban J connectivity index is 1.50. The Kier molecular flexibility index (Phi) is 5.67. The van der Waals surface area contributed by atoms with Gasteiger partial charge >= 0.3 is 0 Å². The van der Waals surface area contributed by atoms with Gasteiger partial charge in [-0.3, -0.25) is 4.79 Å². The normalized spacial score (nSPS) is 10.6. The largest absolute Gasteiger partial charge is 0.497 e. The van der Waals surface area contributed by atoms with E-state index in [-0.39, 0.29) is 11.7 Å². The van der Waals surface area contributed by atoms with E-state index in [1.807, 2.05) is 31.2 Å². The van der Waals surface area contributed by atoms with Crippen molar-refractivity contribution in [2.24, 2.45) is 0 Å². The number of amides is 1. The van der Waals surface area contributed by atoms with Crippen molar-refractivity contribution in [3.05, 3.63) is 40.3 Å². The lowest BCUT2D eigenvalue weighted by atomic mass is 10.2. The van der Waals surface area contributed by atoms with E-state index in [2.05, 4.69) is 20.5 Å². The fourth-order valence-corrected chi connectivity index (χ4v) is 3.30. The number of nitrogens with zero attached hydrogens (tertiary/aromatic N) is 3. The average molecular weight is 376 g/mol. The Morgan fingerprint density at radius 1 is 1.32 bits per heavy atom. The molecule has 0 atom stereocenters. The number of aryl methyl sites for hydroxylation is 1. The molecule has 0 radical (unpaired) electrons. The van der Waals surface area contributed by atoms with Gasteiger partial charge in [-0.25, -0.2) is 4.98 Å². The van der Waals surface area contributed by atoms with Crippen molar-refractivity contribution in [3.8, 4) is 17.2 Å². The van der Waals surface area contributed by atoms with Crippen LogP contribution in [0.15, 0.2) is 40.1 Å². The number of ether oxygens (including phenoxy) is 1. The lowest BCUT2D eigenvalue weighted by molar-refractivity contribution is -0.118. The molecule has 2 heterocycles. The molecule has 1 aromatic carbocycles. The van der Waals surface area contributed by atoms with Gasteiger partial charge in [-0.15, -0.1) is 21.5 Å². The molecule has 0 bridgehead atoms. The van der Waals surface area contributed by atoms with Crippen LogP contribution in [0.4, 0.5) is 0 Å². The smallest absolute Gasteiger partial charge is 0.277 e. The van der Waals surface area contributed by atoms with Crippen molar-refractivity contribution < 1.29 is 13.9 Å². The van der Waals surface area contributed by atoms with Gasteiger partial charge in [-0.05, 0) is 31.2 Å². The van der Waals surface area contributed by atoms with Crippen LogP contribution in [0.1, 0.15) is 9.88 Å². The van der Waals surface area contributed by atoms with E-state index in [1.54, 1.807) is 24.6 Å². The highest BCUT2D eigenvalue weighted by Crippen LogP contribution is 2.24. The number of carbonyl (C=O) groups is 1. The molecule has 0 spiro atoms. The molecular formula is C16H16N4O3S2. The van der Waals surface area contributed by atoms with Crippen molar-refractivity contribution in [1.82, 2.24) is 20.5 Å². The van der Waals surface area contributed by atoms with E-state index in [4.69, 9.17) is 9.15 Å². The summed E-state index contributed by atoms with van der Waals surface area (Å²) in [6, 6.07) is 7.32. The highest BCUT2D eigenvalue weighted by molar-refractivity contribution is 7.99. The monoisotopic (exact) mass is 376 g/mol. The van der Waals surface area contributed by atoms with Gasteiger partial charge in [0.1, 0.15) is 5.75 Å². The van der Waals surface area contributed by atoms with Gasteiger partial charge in [-0.1, -0.05) is 11.8 Å². The molecule has 1 N–H and O–H groups in total. The molecule has 0 saturated heterocycles. The zero-order valence-electron chi connectivity index (χ0n) is 13.7. The first kappa shape index (κ1) is 17.4. The summed E-state index contributed by atoms with van der Waals surface area (Å²) >= 11 is 2.77. The standard InChI is InChI=1S/C16H16N4O3S2/c1-10-17-7-13(25-10)8-18-14(21)9-24-16-20-19-15(23-16)11-3-5-12(22-2)6-4-11/h3-7H,8-9H2,1-2H3,(H,18,21). The van der Waals surface area contributed by atoms with Gasteiger partial charge in [-0.2, -0.15) is 0 Å². The minimum atomic E-state index is -0.0970. The number of benzene rings is 1. The summed E-state index contributed by atoms with van der Waals surface area (Å²) in [4.78, 5) is 17.1. The van der Waals surface area contributed by atoms with Crippen LogP contribution in [0.2, 0.25) is 0 Å². The van der Waals surface area contributed by atoms with E-state index in [1.165, 1.54) is 11.8 Å². The molecule has 9 heteroatoms. The number of nitrogens with one attached hydrogen (secondary N) is 1. The van der Waals surface area contributed by atoms with Crippen LogP contribution < -0.4 is 10.1 Å². The molecule has 0 fully saturated rings. The summed E-state index contributed by atoms with van der Waals surface area (Å²) in [7, 11) is 1.61. The molecule has 0 aliphatic rings. The molecule has 7 nitrogen and oxygen atoms in total. The molecule has 130 valence electrons. The molecular weight excluding hydrogens is 360 g/mol. The van der Waals surface area contributed by atoms with E-state index in [0.29, 0.717) is 17.7 Å². The van der Waals surface area contributed by atoms with Gasteiger partial charge in [0.2, 0.25) is 11.8 Å². The van der Waals surface area contributed by atoms with Crippen LogP contribution in [0, 0.1) is 6.92 Å². The van der Waals surface area contributed by atoms with E-state index < -0.39 is 0 Å². The number of thioether (sulfide) groups is 1. The first-order valence-electron chi connectivity index (χ1n) is 7.43. The Hall–Kier alpha value is -2.39. The fourth-order valence-electron chi connectivity index (χ4n) is 1.97. The third-order valence-corrected chi connectivity index (χ3v) is 4.93. The summed E-state index contributed by atoms with van der Waals surface area (Å²) in [6.45, 7) is 2.41. The van der Waals surface area contributed by atoms with Crippen molar-refractivity contribution >= 4 is 29.0 Å².